The zero-order chi connectivity index (χ0) is 22.7. The number of amides is 1. The summed E-state index contributed by atoms with van der Waals surface area (Å²) < 4.78 is 15.0. The number of thiazole rings is 1. The van der Waals surface area contributed by atoms with Crippen LogP contribution in [-0.2, 0) is 6.54 Å². The number of anilines is 1. The largest absolute Gasteiger partial charge is 0.396 e. The summed E-state index contributed by atoms with van der Waals surface area (Å²) in [5.74, 6) is -0.970. The number of allylic oxidation sites excluding steroid dienone is 1. The van der Waals surface area contributed by atoms with Gasteiger partial charge in [-0.2, -0.15) is 4.39 Å². The summed E-state index contributed by atoms with van der Waals surface area (Å²) in [6.07, 6.45) is 8.55. The van der Waals surface area contributed by atoms with Crippen LogP contribution in [0.5, 0.6) is 0 Å². The first-order valence-electron chi connectivity index (χ1n) is 9.70. The van der Waals surface area contributed by atoms with E-state index in [0.29, 0.717) is 44.0 Å². The highest BCUT2D eigenvalue weighted by Gasteiger charge is 2.21. The first kappa shape index (κ1) is 22.3. The van der Waals surface area contributed by atoms with Crippen LogP contribution in [0.4, 0.5) is 9.52 Å². The molecule has 1 fully saturated rings. The van der Waals surface area contributed by atoms with Gasteiger partial charge in [-0.25, -0.2) is 9.97 Å². The minimum atomic E-state index is -0.588. The van der Waals surface area contributed by atoms with E-state index >= 15 is 0 Å². The van der Waals surface area contributed by atoms with Crippen LogP contribution in [0.1, 0.15) is 34.6 Å². The third-order valence-corrected chi connectivity index (χ3v) is 5.89. The van der Waals surface area contributed by atoms with Gasteiger partial charge in [-0.3, -0.25) is 10.1 Å². The first-order chi connectivity index (χ1) is 15.4. The van der Waals surface area contributed by atoms with E-state index in [1.165, 1.54) is 23.6 Å². The molecule has 1 aliphatic rings. The van der Waals surface area contributed by atoms with Crippen molar-refractivity contribution in [2.75, 3.05) is 5.32 Å². The maximum absolute atomic E-state index is 13.4. The Morgan fingerprint density at radius 1 is 1.41 bits per heavy atom. The van der Waals surface area contributed by atoms with Crippen LogP contribution in [0.3, 0.4) is 0 Å². The molecule has 1 aliphatic carbocycles. The SMILES string of the molecule is NC(/C=C/c1csc(NC(=O)c2cc(Cl)cn2Cc2ccnc(F)c2)n1)=C(/Cl)NC1CC1. The molecule has 0 atom stereocenters. The number of nitrogens with one attached hydrogen (secondary N) is 2. The first-order valence-corrected chi connectivity index (χ1v) is 11.3. The molecule has 0 aliphatic heterocycles. The minimum Gasteiger partial charge on any atom is -0.396 e. The fourth-order valence-electron chi connectivity index (χ4n) is 2.85. The van der Waals surface area contributed by atoms with E-state index in [9.17, 15) is 9.18 Å². The maximum Gasteiger partial charge on any atom is 0.274 e. The Morgan fingerprint density at radius 3 is 2.97 bits per heavy atom. The minimum absolute atomic E-state index is 0.266. The lowest BCUT2D eigenvalue weighted by Crippen LogP contribution is -2.17. The lowest BCUT2D eigenvalue weighted by Gasteiger charge is -2.08. The molecule has 4 N–H and O–H groups in total. The Labute approximate surface area is 197 Å². The van der Waals surface area contributed by atoms with Gasteiger partial charge in [0.05, 0.1) is 16.4 Å². The molecule has 7 nitrogen and oxygen atoms in total. The van der Waals surface area contributed by atoms with Crippen molar-refractivity contribution in [2.24, 2.45) is 5.73 Å². The van der Waals surface area contributed by atoms with Crippen molar-refractivity contribution in [3.05, 3.63) is 80.8 Å². The number of carbonyl (C=O) groups is 1. The Kier molecular flexibility index (Phi) is 6.78. The summed E-state index contributed by atoms with van der Waals surface area (Å²) >= 11 is 13.5. The van der Waals surface area contributed by atoms with Crippen LogP contribution in [0.25, 0.3) is 6.08 Å². The molecule has 0 saturated heterocycles. The number of aromatic nitrogens is 3. The van der Waals surface area contributed by atoms with Crippen molar-refractivity contribution < 1.29 is 9.18 Å². The second-order valence-electron chi connectivity index (χ2n) is 7.21. The molecule has 32 heavy (non-hydrogen) atoms. The smallest absolute Gasteiger partial charge is 0.274 e. The van der Waals surface area contributed by atoms with E-state index in [1.807, 2.05) is 0 Å². The van der Waals surface area contributed by atoms with E-state index in [4.69, 9.17) is 28.9 Å². The molecule has 4 rings (SSSR count). The van der Waals surface area contributed by atoms with Crippen molar-refractivity contribution in [1.82, 2.24) is 19.9 Å². The lowest BCUT2D eigenvalue weighted by atomic mass is 10.2. The fraction of sp³-hybridized carbons (Fsp3) is 0.190. The second-order valence-corrected chi connectivity index (χ2v) is 8.88. The van der Waals surface area contributed by atoms with Crippen LogP contribution < -0.4 is 16.4 Å². The summed E-state index contributed by atoms with van der Waals surface area (Å²) in [4.78, 5) is 20.7. The van der Waals surface area contributed by atoms with Crippen molar-refractivity contribution >= 4 is 51.7 Å². The van der Waals surface area contributed by atoms with Gasteiger partial charge >= 0.3 is 0 Å². The molecule has 0 unspecified atom stereocenters. The molecule has 166 valence electrons. The van der Waals surface area contributed by atoms with E-state index in [2.05, 4.69) is 20.6 Å². The zero-order valence-corrected chi connectivity index (χ0v) is 19.0. The summed E-state index contributed by atoms with van der Waals surface area (Å²) in [6, 6.07) is 4.93. The molecule has 3 aromatic heterocycles. The molecule has 11 heteroatoms. The van der Waals surface area contributed by atoms with Crippen LogP contribution in [0, 0.1) is 5.95 Å². The number of rotatable bonds is 8. The highest BCUT2D eigenvalue weighted by atomic mass is 35.5. The van der Waals surface area contributed by atoms with Gasteiger partial charge in [-0.05, 0) is 48.8 Å². The Morgan fingerprint density at radius 2 is 2.22 bits per heavy atom. The van der Waals surface area contributed by atoms with Crippen LogP contribution >= 0.6 is 34.5 Å². The van der Waals surface area contributed by atoms with Gasteiger partial charge in [0.1, 0.15) is 10.9 Å². The molecule has 0 radical (unpaired) electrons. The monoisotopic (exact) mass is 492 g/mol. The van der Waals surface area contributed by atoms with Gasteiger partial charge in [0.15, 0.2) is 5.13 Å². The average Bonchev–Trinajstić information content (AvgIpc) is 3.32. The van der Waals surface area contributed by atoms with Gasteiger partial charge in [0.25, 0.3) is 5.91 Å². The predicted molar refractivity (Wildman–Crippen MR) is 125 cm³/mol. The van der Waals surface area contributed by atoms with Gasteiger partial charge < -0.3 is 15.6 Å². The van der Waals surface area contributed by atoms with Crippen molar-refractivity contribution in [2.45, 2.75) is 25.4 Å². The highest BCUT2D eigenvalue weighted by molar-refractivity contribution is 7.14. The number of hydrogen-bond acceptors (Lipinski definition) is 6. The summed E-state index contributed by atoms with van der Waals surface area (Å²) in [7, 11) is 0. The van der Waals surface area contributed by atoms with E-state index in [-0.39, 0.29) is 12.5 Å². The van der Waals surface area contributed by atoms with E-state index in [0.717, 1.165) is 12.8 Å². The van der Waals surface area contributed by atoms with E-state index < -0.39 is 5.95 Å². The highest BCUT2D eigenvalue weighted by Crippen LogP contribution is 2.23. The topological polar surface area (TPSA) is 97.9 Å². The quantitative estimate of drug-likeness (QED) is 0.243. The third kappa shape index (κ3) is 5.87. The van der Waals surface area contributed by atoms with Gasteiger partial charge in [-0.15, -0.1) is 11.3 Å². The Bertz CT molecular complexity index is 1200. The standard InChI is InChI=1S/C21H19Cl2FN6OS/c22-13-8-17(30(10-13)9-12-5-6-26-18(24)7-12)20(31)29-21-28-15(11-32-21)3-4-16(25)19(23)27-14-1-2-14/h3-8,10-11,14,27H,1-2,9,25H2,(H,28,29,31)/b4-3+,19-16-. The van der Waals surface area contributed by atoms with Crippen LogP contribution in [0.2, 0.25) is 5.02 Å². The Balaban J connectivity index is 1.42. The van der Waals surface area contributed by atoms with Gasteiger partial charge in [0, 0.05) is 30.4 Å². The number of pyridine rings is 1. The number of hydrogen-bond donors (Lipinski definition) is 3. The average molecular weight is 493 g/mol. The van der Waals surface area contributed by atoms with Crippen LogP contribution in [0.15, 0.2) is 52.9 Å². The molecule has 0 bridgehead atoms. The number of nitrogens with two attached hydrogens (primary N) is 1. The lowest BCUT2D eigenvalue weighted by molar-refractivity contribution is 0.101. The summed E-state index contributed by atoms with van der Waals surface area (Å²) in [5.41, 5.74) is 7.98. The van der Waals surface area contributed by atoms with Gasteiger partial charge in [-0.1, -0.05) is 23.2 Å². The third-order valence-electron chi connectivity index (χ3n) is 4.58. The predicted octanol–water partition coefficient (Wildman–Crippen LogP) is 4.56. The van der Waals surface area contributed by atoms with Crippen molar-refractivity contribution in [3.8, 4) is 0 Å². The normalized spacial score (nSPS) is 14.5. The van der Waals surface area contributed by atoms with E-state index in [1.54, 1.807) is 40.4 Å². The molecule has 1 saturated carbocycles. The van der Waals surface area contributed by atoms with Crippen molar-refractivity contribution in [1.29, 1.82) is 0 Å². The molecule has 3 aromatic rings. The molecule has 1 amide bonds. The summed E-state index contributed by atoms with van der Waals surface area (Å²) in [6.45, 7) is 0.266. The molecule has 3 heterocycles. The molecular weight excluding hydrogens is 474 g/mol. The second kappa shape index (κ2) is 9.72. The molecule has 0 spiro atoms. The van der Waals surface area contributed by atoms with Gasteiger partial charge in [0.2, 0.25) is 5.95 Å². The van der Waals surface area contributed by atoms with Crippen molar-refractivity contribution in [3.63, 3.8) is 0 Å². The van der Waals surface area contributed by atoms with Crippen LogP contribution in [-0.4, -0.2) is 26.5 Å². The number of carbonyl (C=O) groups excluding carboxylic acids is 1. The summed E-state index contributed by atoms with van der Waals surface area (Å²) in [5, 5.41) is 8.90. The Hall–Kier alpha value is -2.88. The molecular formula is C21H19Cl2FN6OS. The number of nitrogens with zero attached hydrogens (tertiary/aromatic N) is 3. The molecule has 0 aromatic carbocycles. The maximum atomic E-state index is 13.4. The fourth-order valence-corrected chi connectivity index (χ4v) is 3.97. The zero-order valence-electron chi connectivity index (χ0n) is 16.7. The number of halogens is 3.